The van der Waals surface area contributed by atoms with Crippen molar-refractivity contribution in [1.82, 2.24) is 0 Å². The number of anilines is 1. The van der Waals surface area contributed by atoms with E-state index >= 15 is 0 Å². The zero-order valence-corrected chi connectivity index (χ0v) is 12.3. The molecule has 3 nitrogen and oxygen atoms in total. The van der Waals surface area contributed by atoms with Gasteiger partial charge in [0, 0.05) is 21.7 Å². The molecule has 0 unspecified atom stereocenters. The normalized spacial score (nSPS) is 11.0. The van der Waals surface area contributed by atoms with Gasteiger partial charge in [-0.1, -0.05) is 11.6 Å². The number of Topliss-reactive ketones (excluding diaryl/α,β-unsaturated/α-hetero) is 1. The average Bonchev–Trinajstić information content (AvgIpc) is 2.76. The zero-order chi connectivity index (χ0) is 15.0. The highest BCUT2D eigenvalue weighted by atomic mass is 35.5. The van der Waals surface area contributed by atoms with Crippen LogP contribution in [-0.4, -0.2) is 5.78 Å². The van der Waals surface area contributed by atoms with Gasteiger partial charge in [0.05, 0.1) is 6.42 Å². The van der Waals surface area contributed by atoms with Gasteiger partial charge >= 0.3 is 0 Å². The lowest BCUT2D eigenvalue weighted by Gasteiger charge is -2.00. The number of halogens is 1. The van der Waals surface area contributed by atoms with E-state index in [0.29, 0.717) is 22.0 Å². The maximum atomic E-state index is 12.3. The van der Waals surface area contributed by atoms with Crippen LogP contribution < -0.4 is 5.73 Å². The number of carbonyl (C=O) groups is 1. The number of nitrogens with two attached hydrogens (primary N) is 1. The van der Waals surface area contributed by atoms with Gasteiger partial charge in [0.15, 0.2) is 5.78 Å². The van der Waals surface area contributed by atoms with Gasteiger partial charge < -0.3 is 10.2 Å². The minimum atomic E-state index is 0.00301. The number of fused-ring (bicyclic) bond motifs is 1. The fourth-order valence-corrected chi connectivity index (χ4v) is 2.50. The van der Waals surface area contributed by atoms with Crippen LogP contribution in [0.4, 0.5) is 5.69 Å². The monoisotopic (exact) mass is 299 g/mol. The maximum absolute atomic E-state index is 12.3. The van der Waals surface area contributed by atoms with Crippen LogP contribution in [-0.2, 0) is 6.42 Å². The molecule has 0 saturated carbocycles. The first-order chi connectivity index (χ1) is 10.0. The Morgan fingerprint density at radius 3 is 2.62 bits per heavy atom. The van der Waals surface area contributed by atoms with Crippen molar-refractivity contribution < 1.29 is 9.21 Å². The molecular formula is C17H14ClNO2. The molecule has 0 bridgehead atoms. The molecule has 1 heterocycles. The Hall–Kier alpha value is -2.26. The summed E-state index contributed by atoms with van der Waals surface area (Å²) in [5, 5.41) is 1.60. The molecule has 4 heteroatoms. The lowest BCUT2D eigenvalue weighted by molar-refractivity contribution is 0.0987. The van der Waals surface area contributed by atoms with Gasteiger partial charge in [-0.25, -0.2) is 0 Å². The van der Waals surface area contributed by atoms with E-state index in [1.165, 1.54) is 0 Å². The van der Waals surface area contributed by atoms with E-state index < -0.39 is 0 Å². The van der Waals surface area contributed by atoms with Crippen molar-refractivity contribution in [2.45, 2.75) is 13.3 Å². The molecule has 0 saturated heterocycles. The Balaban J connectivity index is 1.92. The zero-order valence-electron chi connectivity index (χ0n) is 11.5. The molecule has 0 spiro atoms. The van der Waals surface area contributed by atoms with E-state index in [-0.39, 0.29) is 12.2 Å². The molecule has 0 atom stereocenters. The molecule has 0 fully saturated rings. The Morgan fingerprint density at radius 2 is 1.90 bits per heavy atom. The highest BCUT2D eigenvalue weighted by Gasteiger charge is 2.15. The van der Waals surface area contributed by atoms with E-state index in [4.69, 9.17) is 21.8 Å². The van der Waals surface area contributed by atoms with Crippen molar-refractivity contribution >= 4 is 34.0 Å². The highest BCUT2D eigenvalue weighted by molar-refractivity contribution is 6.31. The predicted molar refractivity (Wildman–Crippen MR) is 84.8 cm³/mol. The quantitative estimate of drug-likeness (QED) is 0.576. The third kappa shape index (κ3) is 2.65. The smallest absolute Gasteiger partial charge is 0.170 e. The number of hydrogen-bond donors (Lipinski definition) is 1. The topological polar surface area (TPSA) is 56.2 Å². The van der Waals surface area contributed by atoms with Gasteiger partial charge in [-0.2, -0.15) is 0 Å². The van der Waals surface area contributed by atoms with Gasteiger partial charge in [-0.3, -0.25) is 4.79 Å². The van der Waals surface area contributed by atoms with Crippen LogP contribution in [0, 0.1) is 6.92 Å². The number of aryl methyl sites for hydroxylation is 1. The molecule has 3 rings (SSSR count). The molecule has 2 aromatic carbocycles. The summed E-state index contributed by atoms with van der Waals surface area (Å²) in [5.74, 6) is 0.678. The number of ketones is 1. The summed E-state index contributed by atoms with van der Waals surface area (Å²) in [5.41, 5.74) is 8.60. The molecule has 2 N–H and O–H groups in total. The molecule has 21 heavy (non-hydrogen) atoms. The number of rotatable bonds is 3. The molecule has 3 aromatic rings. The van der Waals surface area contributed by atoms with Crippen LogP contribution in [0.15, 0.2) is 46.9 Å². The van der Waals surface area contributed by atoms with Crippen molar-refractivity contribution in [2.24, 2.45) is 0 Å². The molecule has 106 valence electrons. The molecule has 0 radical (unpaired) electrons. The summed E-state index contributed by atoms with van der Waals surface area (Å²) < 4.78 is 5.77. The second-order valence-corrected chi connectivity index (χ2v) is 5.45. The van der Waals surface area contributed by atoms with Crippen molar-refractivity contribution in [1.29, 1.82) is 0 Å². The summed E-state index contributed by atoms with van der Waals surface area (Å²) in [6.45, 7) is 1.94. The van der Waals surface area contributed by atoms with Gasteiger partial charge in [0.25, 0.3) is 0 Å². The second-order valence-electron chi connectivity index (χ2n) is 5.01. The van der Waals surface area contributed by atoms with Crippen LogP contribution in [0.25, 0.3) is 11.0 Å². The molecular weight excluding hydrogens is 286 g/mol. The average molecular weight is 300 g/mol. The minimum Gasteiger partial charge on any atom is -0.460 e. The lowest BCUT2D eigenvalue weighted by Crippen LogP contribution is -2.03. The molecule has 0 aliphatic carbocycles. The third-order valence-electron chi connectivity index (χ3n) is 3.55. The largest absolute Gasteiger partial charge is 0.460 e. The first-order valence-electron chi connectivity index (χ1n) is 6.61. The second kappa shape index (κ2) is 5.26. The van der Waals surface area contributed by atoms with E-state index in [1.807, 2.05) is 19.1 Å². The number of hydrogen-bond acceptors (Lipinski definition) is 3. The predicted octanol–water partition coefficient (Wildman–Crippen LogP) is 4.40. The van der Waals surface area contributed by atoms with E-state index in [0.717, 1.165) is 16.5 Å². The van der Waals surface area contributed by atoms with E-state index in [9.17, 15) is 4.79 Å². The van der Waals surface area contributed by atoms with Crippen molar-refractivity contribution in [3.63, 3.8) is 0 Å². The number of benzene rings is 2. The van der Waals surface area contributed by atoms with Crippen molar-refractivity contribution in [3.8, 4) is 0 Å². The van der Waals surface area contributed by atoms with E-state index in [1.54, 1.807) is 30.3 Å². The van der Waals surface area contributed by atoms with Gasteiger partial charge in [0.1, 0.15) is 11.3 Å². The Bertz CT molecular complexity index is 819. The van der Waals surface area contributed by atoms with Gasteiger partial charge in [-0.05, 0) is 55.0 Å². The lowest BCUT2D eigenvalue weighted by atomic mass is 10.0. The summed E-state index contributed by atoms with van der Waals surface area (Å²) in [4.78, 5) is 12.3. The minimum absolute atomic E-state index is 0.00301. The first-order valence-corrected chi connectivity index (χ1v) is 6.98. The van der Waals surface area contributed by atoms with Crippen molar-refractivity contribution in [3.05, 3.63) is 64.4 Å². The Kier molecular flexibility index (Phi) is 3.43. The van der Waals surface area contributed by atoms with Crippen LogP contribution in [0.2, 0.25) is 5.02 Å². The van der Waals surface area contributed by atoms with Gasteiger partial charge in [-0.15, -0.1) is 0 Å². The summed E-state index contributed by atoms with van der Waals surface area (Å²) in [7, 11) is 0. The van der Waals surface area contributed by atoms with Gasteiger partial charge in [0.2, 0.25) is 0 Å². The maximum Gasteiger partial charge on any atom is 0.170 e. The standard InChI is InChI=1S/C17H14ClNO2/c1-10-14-8-12(18)4-7-16(14)21-17(10)9-15(20)11-2-5-13(19)6-3-11/h2-8H,9,19H2,1H3. The van der Waals surface area contributed by atoms with Crippen LogP contribution >= 0.6 is 11.6 Å². The molecule has 0 aliphatic rings. The number of furan rings is 1. The van der Waals surface area contributed by atoms with Crippen LogP contribution in [0.3, 0.4) is 0 Å². The highest BCUT2D eigenvalue weighted by Crippen LogP contribution is 2.28. The fourth-order valence-electron chi connectivity index (χ4n) is 2.33. The molecule has 0 aliphatic heterocycles. The third-order valence-corrected chi connectivity index (χ3v) is 3.79. The molecule has 1 aromatic heterocycles. The molecule has 0 amide bonds. The van der Waals surface area contributed by atoms with Crippen LogP contribution in [0.1, 0.15) is 21.7 Å². The SMILES string of the molecule is Cc1c(CC(=O)c2ccc(N)cc2)oc2ccc(Cl)cc12. The first kappa shape index (κ1) is 13.7. The fraction of sp³-hybridized carbons (Fsp3) is 0.118. The Labute approximate surface area is 127 Å². The van der Waals surface area contributed by atoms with Crippen LogP contribution in [0.5, 0.6) is 0 Å². The van der Waals surface area contributed by atoms with Crippen molar-refractivity contribution in [2.75, 3.05) is 5.73 Å². The summed E-state index contributed by atoms with van der Waals surface area (Å²) in [6, 6.07) is 12.4. The number of carbonyl (C=O) groups excluding carboxylic acids is 1. The number of nitrogen functional groups attached to an aromatic ring is 1. The van der Waals surface area contributed by atoms with E-state index in [2.05, 4.69) is 0 Å². The summed E-state index contributed by atoms with van der Waals surface area (Å²) >= 11 is 6.00. The Morgan fingerprint density at radius 1 is 1.19 bits per heavy atom. The summed E-state index contributed by atoms with van der Waals surface area (Å²) in [6.07, 6.45) is 0.224.